The highest BCUT2D eigenvalue weighted by molar-refractivity contribution is 6.74. The van der Waals surface area contributed by atoms with Gasteiger partial charge in [0.2, 0.25) is 5.60 Å². The second-order valence-corrected chi connectivity index (χ2v) is 22.7. The number of fused-ring (bicyclic) bond motifs is 1. The molecule has 0 radical (unpaired) electrons. The third kappa shape index (κ3) is 5.77. The van der Waals surface area contributed by atoms with Crippen LogP contribution in [0.3, 0.4) is 0 Å². The Kier molecular flexibility index (Phi) is 9.37. The quantitative estimate of drug-likeness (QED) is 0.203. The molecule has 0 unspecified atom stereocenters. The van der Waals surface area contributed by atoms with Gasteiger partial charge in [0.05, 0.1) is 25.5 Å². The third-order valence-electron chi connectivity index (χ3n) is 8.83. The summed E-state index contributed by atoms with van der Waals surface area (Å²) in [7, 11) is -3.27. The highest BCUT2D eigenvalue weighted by Crippen LogP contribution is 2.51. The van der Waals surface area contributed by atoms with Crippen molar-refractivity contribution >= 4 is 28.3 Å². The number of hydrogen-bond acceptors (Lipinski definition) is 9. The fraction of sp³-hybridized carbons (Fsp3) is 0.920. The molecule has 1 aliphatic heterocycles. The van der Waals surface area contributed by atoms with Crippen LogP contribution in [0.5, 0.6) is 0 Å². The van der Waals surface area contributed by atoms with E-state index in [0.29, 0.717) is 6.61 Å². The summed E-state index contributed by atoms with van der Waals surface area (Å²) in [4.78, 5) is 13.1. The molecule has 0 aromatic carbocycles. The average molecular weight is 547 g/mol. The molecule has 2 aliphatic rings. The lowest BCUT2D eigenvalue weighted by atomic mass is 9.77. The second-order valence-electron chi connectivity index (χ2n) is 13.1. The number of methoxy groups -OCH3 is 1. The van der Waals surface area contributed by atoms with E-state index in [4.69, 9.17) is 28.9 Å². The molecule has 2 rings (SSSR count). The van der Waals surface area contributed by atoms with Gasteiger partial charge in [0.25, 0.3) is 0 Å². The number of nitrogens with zero attached hydrogens (tertiary/aromatic N) is 1. The summed E-state index contributed by atoms with van der Waals surface area (Å²) in [6.07, 6.45) is -1.66. The number of hydrogen-bond donors (Lipinski definition) is 2. The highest BCUT2D eigenvalue weighted by Gasteiger charge is 2.67. The van der Waals surface area contributed by atoms with Crippen LogP contribution in [0.2, 0.25) is 36.3 Å². The van der Waals surface area contributed by atoms with Crippen molar-refractivity contribution < 1.29 is 33.0 Å². The van der Waals surface area contributed by atoms with Gasteiger partial charge >= 0.3 is 5.97 Å². The monoisotopic (exact) mass is 546 g/mol. The Balaban J connectivity index is 2.64. The van der Waals surface area contributed by atoms with Crippen LogP contribution in [0.15, 0.2) is 5.10 Å². The van der Waals surface area contributed by atoms with Crippen molar-refractivity contribution in [1.82, 2.24) is 0 Å². The van der Waals surface area contributed by atoms with Crippen molar-refractivity contribution in [2.75, 3.05) is 20.3 Å². The molecule has 3 N–H and O–H groups in total. The van der Waals surface area contributed by atoms with Gasteiger partial charge in [-0.1, -0.05) is 41.5 Å². The maximum Gasteiger partial charge on any atom is 0.344 e. The van der Waals surface area contributed by atoms with E-state index in [-0.39, 0.29) is 28.8 Å². The Morgan fingerprint density at radius 3 is 2.14 bits per heavy atom. The van der Waals surface area contributed by atoms with E-state index in [1.165, 1.54) is 7.11 Å². The molecule has 36 heavy (non-hydrogen) atoms. The molecule has 11 heteroatoms. The van der Waals surface area contributed by atoms with Gasteiger partial charge < -0.3 is 34.0 Å². The number of carbonyl (C=O) groups is 1. The first-order valence-electron chi connectivity index (χ1n) is 12.9. The SMILES string of the molecule is CCO[C@H]1O[C@H](CO[Si](C)(C)C(C)(C)C)[C@H](O[Si](C)(C)C(C)(C)C)[C@H]2[C@@H]1C/C(=N\N)[C@@]2(O)C(=O)OC. The number of nitrogens with two attached hydrogens (primary N) is 1. The molecule has 0 aromatic heterocycles. The minimum atomic E-state index is -2.39. The van der Waals surface area contributed by atoms with Crippen LogP contribution < -0.4 is 5.84 Å². The second kappa shape index (κ2) is 10.7. The van der Waals surface area contributed by atoms with Crippen LogP contribution in [-0.2, 0) is 27.9 Å². The summed E-state index contributed by atoms with van der Waals surface area (Å²) in [5, 5.41) is 15.7. The first-order valence-corrected chi connectivity index (χ1v) is 18.8. The lowest BCUT2D eigenvalue weighted by molar-refractivity contribution is -0.276. The van der Waals surface area contributed by atoms with Crippen molar-refractivity contribution in [2.45, 2.75) is 115 Å². The zero-order valence-electron chi connectivity index (χ0n) is 24.4. The first-order chi connectivity index (χ1) is 16.3. The average Bonchev–Trinajstić information content (AvgIpc) is 3.06. The molecule has 2 fully saturated rings. The van der Waals surface area contributed by atoms with Crippen molar-refractivity contribution in [2.24, 2.45) is 22.8 Å². The molecule has 0 bridgehead atoms. The van der Waals surface area contributed by atoms with Gasteiger partial charge in [-0.3, -0.25) is 0 Å². The molecular formula is C25H50N2O7Si2. The number of ether oxygens (including phenoxy) is 3. The summed E-state index contributed by atoms with van der Waals surface area (Å²) in [6, 6.07) is 0. The van der Waals surface area contributed by atoms with E-state index in [2.05, 4.69) is 72.8 Å². The molecular weight excluding hydrogens is 496 g/mol. The molecule has 0 aromatic rings. The predicted octanol–water partition coefficient (Wildman–Crippen LogP) is 4.01. The summed E-state index contributed by atoms with van der Waals surface area (Å²) >= 11 is 0. The molecule has 1 aliphatic carbocycles. The fourth-order valence-corrected chi connectivity index (χ4v) is 6.88. The summed E-state index contributed by atoms with van der Waals surface area (Å²) in [5.74, 6) is 3.79. The van der Waals surface area contributed by atoms with Crippen LogP contribution in [0.1, 0.15) is 54.9 Å². The van der Waals surface area contributed by atoms with Crippen molar-refractivity contribution in [3.8, 4) is 0 Å². The summed E-state index contributed by atoms with van der Waals surface area (Å²) in [5.41, 5.74) is -1.89. The van der Waals surface area contributed by atoms with Gasteiger partial charge in [0.1, 0.15) is 6.10 Å². The largest absolute Gasteiger partial charge is 0.467 e. The normalized spacial score (nSPS) is 33.0. The van der Waals surface area contributed by atoms with E-state index >= 15 is 0 Å². The molecule has 1 saturated carbocycles. The van der Waals surface area contributed by atoms with E-state index in [1.807, 2.05) is 6.92 Å². The predicted molar refractivity (Wildman–Crippen MR) is 146 cm³/mol. The molecule has 1 saturated heterocycles. The van der Waals surface area contributed by atoms with E-state index in [0.717, 1.165) is 0 Å². The van der Waals surface area contributed by atoms with Crippen molar-refractivity contribution in [3.05, 3.63) is 0 Å². The van der Waals surface area contributed by atoms with E-state index in [1.54, 1.807) is 0 Å². The molecule has 0 spiro atoms. The fourth-order valence-electron chi connectivity index (χ4n) is 4.53. The highest BCUT2D eigenvalue weighted by atomic mass is 28.4. The van der Waals surface area contributed by atoms with Crippen LogP contribution in [0.25, 0.3) is 0 Å². The maximum absolute atomic E-state index is 13.1. The van der Waals surface area contributed by atoms with Gasteiger partial charge in [-0.25, -0.2) is 4.79 Å². The zero-order valence-corrected chi connectivity index (χ0v) is 26.4. The lowest BCUT2D eigenvalue weighted by Gasteiger charge is -2.51. The molecule has 210 valence electrons. The number of aliphatic hydroxyl groups is 1. The molecule has 1 heterocycles. The Hall–Kier alpha value is -0.826. The maximum atomic E-state index is 13.1. The number of hydrazone groups is 1. The Labute approximate surface area is 219 Å². The number of rotatable bonds is 8. The summed E-state index contributed by atoms with van der Waals surface area (Å²) in [6.45, 7) is 24.2. The minimum Gasteiger partial charge on any atom is -0.467 e. The van der Waals surface area contributed by atoms with Crippen LogP contribution in [0.4, 0.5) is 0 Å². The van der Waals surface area contributed by atoms with Gasteiger partial charge in [0, 0.05) is 18.4 Å². The number of carbonyl (C=O) groups excluding carboxylic acids is 1. The Morgan fingerprint density at radius 1 is 1.14 bits per heavy atom. The van der Waals surface area contributed by atoms with Gasteiger partial charge in [0.15, 0.2) is 22.9 Å². The third-order valence-corrected chi connectivity index (χ3v) is 17.8. The minimum absolute atomic E-state index is 0.00120. The molecule has 0 amide bonds. The van der Waals surface area contributed by atoms with Gasteiger partial charge in [-0.05, 0) is 49.6 Å². The van der Waals surface area contributed by atoms with E-state index in [9.17, 15) is 9.90 Å². The van der Waals surface area contributed by atoms with Gasteiger partial charge in [-0.15, -0.1) is 0 Å². The Bertz CT molecular complexity index is 822. The van der Waals surface area contributed by atoms with Gasteiger partial charge in [-0.2, -0.15) is 5.10 Å². The summed E-state index contributed by atoms with van der Waals surface area (Å²) < 4.78 is 31.2. The first kappa shape index (κ1) is 31.4. The molecule has 6 atom stereocenters. The topological polar surface area (TPSA) is 122 Å². The van der Waals surface area contributed by atoms with E-state index < -0.39 is 58.5 Å². The van der Waals surface area contributed by atoms with Crippen molar-refractivity contribution in [3.63, 3.8) is 0 Å². The Morgan fingerprint density at radius 2 is 1.69 bits per heavy atom. The van der Waals surface area contributed by atoms with Crippen LogP contribution in [-0.4, -0.2) is 77.8 Å². The standard InChI is InChI=1S/C25H50N2O7Si2/c1-13-31-21-16-14-18(27-26)25(29,22(28)30-8)19(16)20(34-36(11,12)24(5,6)7)17(33-21)15-32-35(9,10)23(2,3)4/h16-17,19-21,29H,13-15,26H2,1-12H3/b27-18+/t16-,17+,19+,20-,21-,25-/m0/s1. The van der Waals surface area contributed by atoms with Crippen LogP contribution >= 0.6 is 0 Å². The zero-order chi connectivity index (χ0) is 27.9. The lowest BCUT2D eigenvalue weighted by Crippen LogP contribution is -2.64. The van der Waals surface area contributed by atoms with Crippen molar-refractivity contribution in [1.29, 1.82) is 0 Å². The molecule has 9 nitrogen and oxygen atoms in total. The number of esters is 1. The van der Waals surface area contributed by atoms with Crippen LogP contribution in [0, 0.1) is 11.8 Å². The smallest absolute Gasteiger partial charge is 0.344 e.